The zero-order valence-electron chi connectivity index (χ0n) is 12.2. The number of hydrazine groups is 1. The predicted octanol–water partition coefficient (Wildman–Crippen LogP) is 3.69. The fraction of sp³-hybridized carbons (Fsp3) is 0.133. The Morgan fingerprint density at radius 2 is 1.59 bits per heavy atom. The lowest BCUT2D eigenvalue weighted by Gasteiger charge is -2.11. The van der Waals surface area contributed by atoms with Crippen LogP contribution in [0.2, 0.25) is 0 Å². The molecule has 6 nitrogen and oxygen atoms in total. The van der Waals surface area contributed by atoms with Crippen molar-refractivity contribution in [3.63, 3.8) is 0 Å². The minimum absolute atomic E-state index is 0.191. The standard InChI is InChI=1S/C15H16N4O2S/c1-20-13-9-5-3-7-11(13)16-18-15(22)19-17-12-8-4-6-10-14(12)21-2/h3-10,16H,1-2H3,(H,18,22). The highest BCUT2D eigenvalue weighted by molar-refractivity contribution is 7.80. The molecule has 0 radical (unpaired) electrons. The van der Waals surface area contributed by atoms with E-state index in [1.54, 1.807) is 26.4 Å². The molecule has 0 aromatic heterocycles. The third-order valence-electron chi connectivity index (χ3n) is 2.74. The number of rotatable bonds is 5. The maximum Gasteiger partial charge on any atom is 0.232 e. The maximum atomic E-state index is 5.22. The minimum Gasteiger partial charge on any atom is -0.495 e. The SMILES string of the molecule is COc1ccccc1N=NC(=S)NNc1ccccc1OC. The van der Waals surface area contributed by atoms with Gasteiger partial charge in [0.1, 0.15) is 17.2 Å². The highest BCUT2D eigenvalue weighted by atomic mass is 32.1. The van der Waals surface area contributed by atoms with Crippen LogP contribution in [0.3, 0.4) is 0 Å². The van der Waals surface area contributed by atoms with Gasteiger partial charge in [-0.25, -0.2) is 0 Å². The molecule has 2 aromatic carbocycles. The van der Waals surface area contributed by atoms with Crippen LogP contribution in [0.4, 0.5) is 11.4 Å². The largest absolute Gasteiger partial charge is 0.495 e. The molecule has 0 fully saturated rings. The van der Waals surface area contributed by atoms with Crippen LogP contribution in [0.25, 0.3) is 0 Å². The van der Waals surface area contributed by atoms with Gasteiger partial charge in [-0.3, -0.25) is 10.9 Å². The average Bonchev–Trinajstić information content (AvgIpc) is 2.58. The molecular formula is C15H16N4O2S. The van der Waals surface area contributed by atoms with Gasteiger partial charge in [-0.05, 0) is 36.5 Å². The van der Waals surface area contributed by atoms with Gasteiger partial charge in [0.15, 0.2) is 0 Å². The molecule has 0 bridgehead atoms. The van der Waals surface area contributed by atoms with Crippen molar-refractivity contribution >= 4 is 28.7 Å². The van der Waals surface area contributed by atoms with E-state index in [9.17, 15) is 0 Å². The van der Waals surface area contributed by atoms with Crippen LogP contribution in [0.5, 0.6) is 11.5 Å². The Balaban J connectivity index is 1.97. The van der Waals surface area contributed by atoms with Gasteiger partial charge in [0.05, 0.1) is 19.9 Å². The van der Waals surface area contributed by atoms with E-state index in [2.05, 4.69) is 21.1 Å². The summed E-state index contributed by atoms with van der Waals surface area (Å²) in [6, 6.07) is 14.7. The van der Waals surface area contributed by atoms with Crippen LogP contribution in [-0.4, -0.2) is 19.3 Å². The molecule has 0 aliphatic rings. The third kappa shape index (κ3) is 4.16. The average molecular weight is 316 g/mol. The zero-order chi connectivity index (χ0) is 15.8. The van der Waals surface area contributed by atoms with Gasteiger partial charge in [-0.2, -0.15) is 0 Å². The molecule has 0 saturated carbocycles. The number of para-hydroxylation sites is 3. The molecule has 7 heteroatoms. The lowest BCUT2D eigenvalue weighted by Crippen LogP contribution is -2.26. The number of anilines is 1. The van der Waals surface area contributed by atoms with Crippen molar-refractivity contribution in [1.29, 1.82) is 0 Å². The van der Waals surface area contributed by atoms with Crippen molar-refractivity contribution < 1.29 is 9.47 Å². The Kier molecular flexibility index (Phi) is 5.67. The van der Waals surface area contributed by atoms with Crippen molar-refractivity contribution in [2.45, 2.75) is 0 Å². The Morgan fingerprint density at radius 1 is 0.955 bits per heavy atom. The van der Waals surface area contributed by atoms with E-state index in [-0.39, 0.29) is 5.11 Å². The van der Waals surface area contributed by atoms with Crippen LogP contribution >= 0.6 is 12.2 Å². The van der Waals surface area contributed by atoms with Gasteiger partial charge < -0.3 is 9.47 Å². The Bertz CT molecular complexity index is 676. The second-order valence-electron chi connectivity index (χ2n) is 4.13. The van der Waals surface area contributed by atoms with Crippen molar-refractivity contribution in [3.05, 3.63) is 48.5 Å². The molecule has 0 aliphatic heterocycles. The van der Waals surface area contributed by atoms with Crippen molar-refractivity contribution in [1.82, 2.24) is 5.43 Å². The van der Waals surface area contributed by atoms with Crippen LogP contribution < -0.4 is 20.3 Å². The summed E-state index contributed by atoms with van der Waals surface area (Å²) < 4.78 is 10.4. The second kappa shape index (κ2) is 7.94. The highest BCUT2D eigenvalue weighted by Crippen LogP contribution is 2.26. The summed E-state index contributed by atoms with van der Waals surface area (Å²) in [5.74, 6) is 1.33. The molecule has 0 heterocycles. The van der Waals surface area contributed by atoms with Gasteiger partial charge in [0.2, 0.25) is 5.11 Å². The molecule has 0 unspecified atom stereocenters. The molecule has 2 aromatic rings. The summed E-state index contributed by atoms with van der Waals surface area (Å²) in [6.07, 6.45) is 0. The number of azo groups is 1. The first-order valence-corrected chi connectivity index (χ1v) is 6.89. The summed E-state index contributed by atoms with van der Waals surface area (Å²) in [4.78, 5) is 0. The van der Waals surface area contributed by atoms with Crippen molar-refractivity contribution in [3.8, 4) is 11.5 Å². The van der Waals surface area contributed by atoms with E-state index in [0.717, 1.165) is 5.69 Å². The van der Waals surface area contributed by atoms with Gasteiger partial charge in [0.25, 0.3) is 0 Å². The summed E-state index contributed by atoms with van der Waals surface area (Å²) in [5.41, 5.74) is 7.06. The highest BCUT2D eigenvalue weighted by Gasteiger charge is 2.02. The molecule has 0 spiro atoms. The monoisotopic (exact) mass is 316 g/mol. The first kappa shape index (κ1) is 15.7. The third-order valence-corrected chi connectivity index (χ3v) is 2.93. The van der Waals surface area contributed by atoms with E-state index < -0.39 is 0 Å². The molecule has 2 N–H and O–H groups in total. The number of benzene rings is 2. The molecule has 0 atom stereocenters. The lowest BCUT2D eigenvalue weighted by molar-refractivity contribution is 0.416. The zero-order valence-corrected chi connectivity index (χ0v) is 13.1. The van der Waals surface area contributed by atoms with Crippen LogP contribution in [0.15, 0.2) is 58.8 Å². The van der Waals surface area contributed by atoms with Crippen LogP contribution in [-0.2, 0) is 0 Å². The molecule has 2 rings (SSSR count). The fourth-order valence-corrected chi connectivity index (χ4v) is 1.80. The quantitative estimate of drug-likeness (QED) is 0.500. The predicted molar refractivity (Wildman–Crippen MR) is 89.9 cm³/mol. The van der Waals surface area contributed by atoms with Crippen molar-refractivity contribution in [2.24, 2.45) is 10.2 Å². The van der Waals surface area contributed by atoms with Gasteiger partial charge in [0, 0.05) is 0 Å². The summed E-state index contributed by atoms with van der Waals surface area (Å²) >= 11 is 5.10. The Labute approximate surface area is 134 Å². The molecule has 0 amide bonds. The number of methoxy groups -OCH3 is 2. The number of hydrogen-bond acceptors (Lipinski definition) is 5. The first-order valence-electron chi connectivity index (χ1n) is 6.48. The summed E-state index contributed by atoms with van der Waals surface area (Å²) in [6.45, 7) is 0. The van der Waals surface area contributed by atoms with E-state index >= 15 is 0 Å². The van der Waals surface area contributed by atoms with E-state index in [1.807, 2.05) is 36.4 Å². The first-order chi connectivity index (χ1) is 10.7. The smallest absolute Gasteiger partial charge is 0.232 e. The Morgan fingerprint density at radius 3 is 2.32 bits per heavy atom. The van der Waals surface area contributed by atoms with Crippen LogP contribution in [0, 0.1) is 0 Å². The molecule has 22 heavy (non-hydrogen) atoms. The fourth-order valence-electron chi connectivity index (χ4n) is 1.71. The molecule has 0 saturated heterocycles. The molecule has 0 aliphatic carbocycles. The van der Waals surface area contributed by atoms with Crippen LogP contribution in [0.1, 0.15) is 0 Å². The van der Waals surface area contributed by atoms with E-state index in [4.69, 9.17) is 21.7 Å². The normalized spacial score (nSPS) is 10.3. The lowest BCUT2D eigenvalue weighted by atomic mass is 10.3. The topological polar surface area (TPSA) is 67.2 Å². The second-order valence-corrected chi connectivity index (χ2v) is 4.51. The molecular weight excluding hydrogens is 300 g/mol. The number of nitrogens with one attached hydrogen (secondary N) is 2. The van der Waals surface area contributed by atoms with Gasteiger partial charge >= 0.3 is 0 Å². The number of hydrogen-bond donors (Lipinski definition) is 2. The molecule has 114 valence electrons. The van der Waals surface area contributed by atoms with Gasteiger partial charge in [-0.15, -0.1) is 10.2 Å². The number of thiocarbonyl (C=S) groups is 1. The maximum absolute atomic E-state index is 5.22. The number of ether oxygens (including phenoxy) is 2. The number of nitrogens with zero attached hydrogens (tertiary/aromatic N) is 2. The summed E-state index contributed by atoms with van der Waals surface area (Å²) in [7, 11) is 3.17. The Hall–Kier alpha value is -2.67. The summed E-state index contributed by atoms with van der Waals surface area (Å²) in [5, 5.41) is 8.18. The van der Waals surface area contributed by atoms with E-state index in [1.165, 1.54) is 0 Å². The minimum atomic E-state index is 0.191. The van der Waals surface area contributed by atoms with E-state index in [0.29, 0.717) is 17.2 Å². The van der Waals surface area contributed by atoms with Gasteiger partial charge in [-0.1, -0.05) is 24.3 Å². The van der Waals surface area contributed by atoms with Crippen molar-refractivity contribution in [2.75, 3.05) is 19.6 Å².